The molecule has 3 heterocycles. The molecule has 5 heteroatoms. The van der Waals surface area contributed by atoms with Crippen LogP contribution in [0.4, 0.5) is 11.7 Å². The van der Waals surface area contributed by atoms with Gasteiger partial charge in [0.05, 0.1) is 0 Å². The summed E-state index contributed by atoms with van der Waals surface area (Å²) in [5.41, 5.74) is 8.11. The van der Waals surface area contributed by atoms with E-state index < -0.39 is 0 Å². The lowest BCUT2D eigenvalue weighted by molar-refractivity contribution is 0.192. The Morgan fingerprint density at radius 3 is 3.15 bits per heavy atom. The van der Waals surface area contributed by atoms with Gasteiger partial charge in [0, 0.05) is 24.3 Å². The summed E-state index contributed by atoms with van der Waals surface area (Å²) in [5, 5.41) is 3.49. The van der Waals surface area contributed by atoms with Crippen LogP contribution in [-0.2, 0) is 0 Å². The van der Waals surface area contributed by atoms with E-state index >= 15 is 0 Å². The lowest BCUT2D eigenvalue weighted by Crippen LogP contribution is -2.41. The predicted octanol–water partition coefficient (Wildman–Crippen LogP) is 2.45. The Hall–Kier alpha value is -1.75. The zero-order valence-corrected chi connectivity index (χ0v) is 11.5. The van der Waals surface area contributed by atoms with Gasteiger partial charge in [-0.2, -0.15) is 4.98 Å². The molecule has 1 aromatic carbocycles. The second kappa shape index (κ2) is 4.66. The first kappa shape index (κ1) is 12.0. The van der Waals surface area contributed by atoms with Crippen LogP contribution < -0.4 is 11.1 Å². The SMILES string of the molecule is Nc1ccc2oc(NC3CCN4CCCCC34)nc2c1. The molecule has 4 rings (SSSR count). The maximum absolute atomic E-state index is 5.78. The van der Waals surface area contributed by atoms with Crippen LogP contribution in [0.1, 0.15) is 25.7 Å². The van der Waals surface area contributed by atoms with Crippen molar-refractivity contribution in [3.8, 4) is 0 Å². The first-order valence-electron chi connectivity index (χ1n) is 7.46. The molecule has 5 nitrogen and oxygen atoms in total. The van der Waals surface area contributed by atoms with E-state index in [0.717, 1.165) is 16.8 Å². The van der Waals surface area contributed by atoms with E-state index in [-0.39, 0.29) is 0 Å². The van der Waals surface area contributed by atoms with E-state index in [0.29, 0.717) is 18.1 Å². The third kappa shape index (κ3) is 2.02. The number of fused-ring (bicyclic) bond motifs is 2. The molecule has 106 valence electrons. The fourth-order valence-electron chi connectivity index (χ4n) is 3.58. The van der Waals surface area contributed by atoms with Crippen LogP contribution in [0.3, 0.4) is 0 Å². The first-order chi connectivity index (χ1) is 9.79. The van der Waals surface area contributed by atoms with Gasteiger partial charge in [-0.15, -0.1) is 0 Å². The molecule has 3 N–H and O–H groups in total. The summed E-state index contributed by atoms with van der Waals surface area (Å²) in [4.78, 5) is 7.10. The summed E-state index contributed by atoms with van der Waals surface area (Å²) in [6.07, 6.45) is 5.13. The lowest BCUT2D eigenvalue weighted by Gasteiger charge is -2.32. The van der Waals surface area contributed by atoms with Crippen molar-refractivity contribution in [3.05, 3.63) is 18.2 Å². The molecule has 0 bridgehead atoms. The quantitative estimate of drug-likeness (QED) is 0.822. The van der Waals surface area contributed by atoms with Crippen molar-refractivity contribution in [1.82, 2.24) is 9.88 Å². The third-order valence-electron chi connectivity index (χ3n) is 4.58. The molecule has 2 unspecified atom stereocenters. The van der Waals surface area contributed by atoms with Crippen molar-refractivity contribution in [3.63, 3.8) is 0 Å². The van der Waals surface area contributed by atoms with Crippen molar-refractivity contribution >= 4 is 22.8 Å². The average molecular weight is 272 g/mol. The minimum Gasteiger partial charge on any atom is -0.424 e. The van der Waals surface area contributed by atoms with Gasteiger partial charge in [0.1, 0.15) is 5.52 Å². The van der Waals surface area contributed by atoms with E-state index in [1.165, 1.54) is 38.8 Å². The van der Waals surface area contributed by atoms with Crippen LogP contribution in [0.25, 0.3) is 11.1 Å². The molecule has 2 aromatic rings. The van der Waals surface area contributed by atoms with Crippen molar-refractivity contribution in [2.24, 2.45) is 0 Å². The molecular formula is C15H20N4O. The Balaban J connectivity index is 1.55. The molecule has 2 aliphatic rings. The fraction of sp³-hybridized carbons (Fsp3) is 0.533. The Morgan fingerprint density at radius 1 is 1.25 bits per heavy atom. The number of nitrogens with two attached hydrogens (primary N) is 1. The van der Waals surface area contributed by atoms with Crippen molar-refractivity contribution in [2.45, 2.75) is 37.8 Å². The van der Waals surface area contributed by atoms with Gasteiger partial charge < -0.3 is 15.5 Å². The molecule has 20 heavy (non-hydrogen) atoms. The number of benzene rings is 1. The summed E-state index contributed by atoms with van der Waals surface area (Å²) < 4.78 is 5.77. The van der Waals surface area contributed by atoms with Crippen LogP contribution in [0.2, 0.25) is 0 Å². The minimum absolute atomic E-state index is 0.459. The number of rotatable bonds is 2. The summed E-state index contributed by atoms with van der Waals surface area (Å²) in [6, 6.07) is 7.30. The Kier molecular flexibility index (Phi) is 2.80. The zero-order chi connectivity index (χ0) is 13.5. The average Bonchev–Trinajstić information content (AvgIpc) is 3.03. The van der Waals surface area contributed by atoms with Crippen molar-refractivity contribution in [2.75, 3.05) is 24.1 Å². The van der Waals surface area contributed by atoms with E-state index in [1.54, 1.807) is 0 Å². The zero-order valence-electron chi connectivity index (χ0n) is 11.5. The van der Waals surface area contributed by atoms with Gasteiger partial charge >= 0.3 is 0 Å². The number of piperidine rings is 1. The number of hydrogen-bond acceptors (Lipinski definition) is 5. The number of nitrogen functional groups attached to an aromatic ring is 1. The number of hydrogen-bond donors (Lipinski definition) is 2. The molecule has 0 radical (unpaired) electrons. The molecule has 2 atom stereocenters. The minimum atomic E-state index is 0.459. The summed E-state index contributed by atoms with van der Waals surface area (Å²) in [5.74, 6) is 0. The fourth-order valence-corrected chi connectivity index (χ4v) is 3.58. The highest BCUT2D eigenvalue weighted by Gasteiger charge is 2.36. The van der Waals surface area contributed by atoms with Gasteiger partial charge in [-0.05, 0) is 44.0 Å². The monoisotopic (exact) mass is 272 g/mol. The number of nitrogens with zero attached hydrogens (tertiary/aromatic N) is 2. The maximum Gasteiger partial charge on any atom is 0.295 e. The molecule has 2 saturated heterocycles. The van der Waals surface area contributed by atoms with Crippen LogP contribution in [0, 0.1) is 0 Å². The third-order valence-corrected chi connectivity index (χ3v) is 4.58. The number of aromatic nitrogens is 1. The smallest absolute Gasteiger partial charge is 0.295 e. The van der Waals surface area contributed by atoms with E-state index in [1.807, 2.05) is 18.2 Å². The second-order valence-electron chi connectivity index (χ2n) is 5.88. The Morgan fingerprint density at radius 2 is 2.20 bits per heavy atom. The Bertz CT molecular complexity index is 623. The number of oxazole rings is 1. The highest BCUT2D eigenvalue weighted by molar-refractivity contribution is 5.78. The lowest BCUT2D eigenvalue weighted by atomic mass is 9.99. The van der Waals surface area contributed by atoms with Crippen LogP contribution in [-0.4, -0.2) is 35.1 Å². The van der Waals surface area contributed by atoms with Gasteiger partial charge in [0.25, 0.3) is 6.01 Å². The van der Waals surface area contributed by atoms with Crippen molar-refractivity contribution in [1.29, 1.82) is 0 Å². The van der Waals surface area contributed by atoms with E-state index in [2.05, 4.69) is 15.2 Å². The van der Waals surface area contributed by atoms with Gasteiger partial charge in [-0.1, -0.05) is 6.42 Å². The standard InChI is InChI=1S/C15H20N4O/c16-10-4-5-14-12(9-10)18-15(20-14)17-11-6-8-19-7-2-1-3-13(11)19/h4-5,9,11,13H,1-3,6-8,16H2,(H,17,18). The van der Waals surface area contributed by atoms with Gasteiger partial charge in [-0.25, -0.2) is 0 Å². The van der Waals surface area contributed by atoms with Gasteiger partial charge in [0.15, 0.2) is 5.58 Å². The normalized spacial score (nSPS) is 26.8. The molecule has 0 amide bonds. The predicted molar refractivity (Wildman–Crippen MR) is 79.7 cm³/mol. The number of nitrogens with one attached hydrogen (secondary N) is 1. The van der Waals surface area contributed by atoms with Gasteiger partial charge in [-0.3, -0.25) is 4.90 Å². The number of anilines is 2. The highest BCUT2D eigenvalue weighted by Crippen LogP contribution is 2.30. The van der Waals surface area contributed by atoms with Crippen LogP contribution in [0.15, 0.2) is 22.6 Å². The van der Waals surface area contributed by atoms with E-state index in [9.17, 15) is 0 Å². The van der Waals surface area contributed by atoms with Gasteiger partial charge in [0.2, 0.25) is 0 Å². The first-order valence-corrected chi connectivity index (χ1v) is 7.46. The van der Waals surface area contributed by atoms with Crippen molar-refractivity contribution < 1.29 is 4.42 Å². The molecule has 0 saturated carbocycles. The Labute approximate surface area is 118 Å². The van der Waals surface area contributed by atoms with Crippen LogP contribution in [0.5, 0.6) is 0 Å². The van der Waals surface area contributed by atoms with E-state index in [4.69, 9.17) is 10.2 Å². The summed E-state index contributed by atoms with van der Waals surface area (Å²) in [6.45, 7) is 2.43. The molecule has 2 aliphatic heterocycles. The topological polar surface area (TPSA) is 67.3 Å². The maximum atomic E-state index is 5.78. The molecular weight excluding hydrogens is 252 g/mol. The summed E-state index contributed by atoms with van der Waals surface area (Å²) >= 11 is 0. The molecule has 2 fully saturated rings. The molecule has 0 aliphatic carbocycles. The van der Waals surface area contributed by atoms with Crippen LogP contribution >= 0.6 is 0 Å². The second-order valence-corrected chi connectivity index (χ2v) is 5.88. The molecule has 0 spiro atoms. The largest absolute Gasteiger partial charge is 0.424 e. The summed E-state index contributed by atoms with van der Waals surface area (Å²) in [7, 11) is 0. The highest BCUT2D eigenvalue weighted by atomic mass is 16.4. The molecule has 1 aromatic heterocycles.